The van der Waals surface area contributed by atoms with Gasteiger partial charge in [0.15, 0.2) is 0 Å². The van der Waals surface area contributed by atoms with Crippen LogP contribution < -0.4 is 5.32 Å². The zero-order valence-electron chi connectivity index (χ0n) is 20.2. The quantitative estimate of drug-likeness (QED) is 0.241. The third-order valence-electron chi connectivity index (χ3n) is 5.30. The van der Waals surface area contributed by atoms with Gasteiger partial charge < -0.3 is 20.1 Å². The van der Waals surface area contributed by atoms with Gasteiger partial charge in [0, 0.05) is 26.6 Å². The van der Waals surface area contributed by atoms with Gasteiger partial charge >= 0.3 is 5.97 Å². The Balaban J connectivity index is 0.00000127. The second-order valence-electron chi connectivity index (χ2n) is 8.34. The van der Waals surface area contributed by atoms with Crippen LogP contribution in [0, 0.1) is 0 Å². The van der Waals surface area contributed by atoms with Crippen LogP contribution in [0.3, 0.4) is 0 Å². The summed E-state index contributed by atoms with van der Waals surface area (Å²) in [6, 6.07) is 0. The molecule has 0 bridgehead atoms. The maximum absolute atomic E-state index is 11.7. The number of unbranched alkanes of at least 4 members (excludes halogenated alkanes) is 11. The lowest BCUT2D eigenvalue weighted by atomic mass is 10.1. The van der Waals surface area contributed by atoms with Crippen molar-refractivity contribution in [3.05, 3.63) is 12.2 Å². The number of aliphatic carboxylic acids is 1. The number of nitrogens with zero attached hydrogens (tertiary/aromatic N) is 1. The number of rotatable bonds is 17. The topological polar surface area (TPSA) is 78.9 Å². The van der Waals surface area contributed by atoms with E-state index in [9.17, 15) is 9.59 Å². The van der Waals surface area contributed by atoms with Gasteiger partial charge in [0.05, 0.1) is 13.2 Å². The first kappa shape index (κ1) is 29.6. The van der Waals surface area contributed by atoms with Crippen molar-refractivity contribution in [2.45, 2.75) is 96.8 Å². The van der Waals surface area contributed by atoms with Gasteiger partial charge in [0.2, 0.25) is 5.91 Å². The van der Waals surface area contributed by atoms with Crippen LogP contribution in [0.1, 0.15) is 96.8 Å². The van der Waals surface area contributed by atoms with Crippen molar-refractivity contribution in [3.63, 3.8) is 0 Å². The predicted octanol–water partition coefficient (Wildman–Crippen LogP) is 5.17. The monoisotopic (exact) mass is 440 g/mol. The summed E-state index contributed by atoms with van der Waals surface area (Å²) < 4.78 is 5.01. The van der Waals surface area contributed by atoms with E-state index in [-0.39, 0.29) is 12.5 Å². The molecule has 0 aromatic heterocycles. The highest BCUT2D eigenvalue weighted by molar-refractivity contribution is 5.80. The first-order chi connectivity index (χ1) is 15.1. The maximum Gasteiger partial charge on any atom is 0.323 e. The molecule has 0 radical (unpaired) electrons. The van der Waals surface area contributed by atoms with E-state index in [0.29, 0.717) is 6.42 Å². The van der Waals surface area contributed by atoms with Crippen LogP contribution in [0.25, 0.3) is 0 Å². The molecule has 1 rings (SSSR count). The molecule has 182 valence electrons. The molecule has 0 aliphatic carbocycles. The average Bonchev–Trinajstić information content (AvgIpc) is 2.77. The SMILES string of the molecule is C1COCCN1.CCCCCCCC/C=C\CCCCCCCC(=O)N(C)CC(=O)O. The molecule has 0 aromatic rings. The zero-order valence-corrected chi connectivity index (χ0v) is 20.2. The number of hydrogen-bond donors (Lipinski definition) is 2. The van der Waals surface area contributed by atoms with E-state index in [2.05, 4.69) is 24.4 Å². The summed E-state index contributed by atoms with van der Waals surface area (Å²) in [5.41, 5.74) is 0. The number of morpholine rings is 1. The van der Waals surface area contributed by atoms with E-state index in [4.69, 9.17) is 9.84 Å². The Hall–Kier alpha value is -1.40. The number of allylic oxidation sites excluding steroid dienone is 2. The molecule has 0 unspecified atom stereocenters. The molecular formula is C25H48N2O4. The van der Waals surface area contributed by atoms with Crippen LogP contribution in [0.5, 0.6) is 0 Å². The van der Waals surface area contributed by atoms with Crippen molar-refractivity contribution >= 4 is 11.9 Å². The predicted molar refractivity (Wildman–Crippen MR) is 128 cm³/mol. The van der Waals surface area contributed by atoms with Crippen molar-refractivity contribution < 1.29 is 19.4 Å². The molecule has 1 heterocycles. The minimum absolute atomic E-state index is 0.0694. The summed E-state index contributed by atoms with van der Waals surface area (Å²) in [4.78, 5) is 23.5. The number of carboxylic acids is 1. The van der Waals surface area contributed by atoms with Crippen LogP contribution in [-0.2, 0) is 14.3 Å². The highest BCUT2D eigenvalue weighted by Crippen LogP contribution is 2.10. The Kier molecular flexibility index (Phi) is 22.2. The fourth-order valence-electron chi connectivity index (χ4n) is 3.34. The number of likely N-dealkylation sites (N-methyl/N-ethyl adjacent to an activating group) is 1. The van der Waals surface area contributed by atoms with E-state index in [0.717, 1.165) is 52.0 Å². The van der Waals surface area contributed by atoms with Crippen LogP contribution >= 0.6 is 0 Å². The number of carbonyl (C=O) groups is 2. The van der Waals surface area contributed by atoms with Crippen molar-refractivity contribution in [1.29, 1.82) is 0 Å². The zero-order chi connectivity index (χ0) is 23.0. The molecule has 31 heavy (non-hydrogen) atoms. The highest BCUT2D eigenvalue weighted by atomic mass is 16.5. The fraction of sp³-hybridized carbons (Fsp3) is 0.840. The minimum atomic E-state index is -0.958. The Labute approximate surface area is 190 Å². The molecule has 0 atom stereocenters. The number of carbonyl (C=O) groups excluding carboxylic acids is 1. The Morgan fingerprint density at radius 3 is 1.84 bits per heavy atom. The van der Waals surface area contributed by atoms with Crippen LogP contribution in [0.2, 0.25) is 0 Å². The van der Waals surface area contributed by atoms with E-state index in [1.54, 1.807) is 7.05 Å². The lowest BCUT2D eigenvalue weighted by molar-refractivity contribution is -0.143. The van der Waals surface area contributed by atoms with Gasteiger partial charge in [-0.2, -0.15) is 0 Å². The molecule has 2 N–H and O–H groups in total. The number of ether oxygens (including phenoxy) is 1. The molecule has 1 aliphatic heterocycles. The number of amides is 1. The third kappa shape index (κ3) is 23.1. The number of hydrogen-bond acceptors (Lipinski definition) is 4. The first-order valence-corrected chi connectivity index (χ1v) is 12.5. The van der Waals surface area contributed by atoms with Crippen LogP contribution in [0.4, 0.5) is 0 Å². The molecular weight excluding hydrogens is 392 g/mol. The second-order valence-corrected chi connectivity index (χ2v) is 8.34. The summed E-state index contributed by atoms with van der Waals surface area (Å²) in [5, 5.41) is 11.8. The van der Waals surface area contributed by atoms with E-state index in [1.807, 2.05) is 0 Å². The van der Waals surface area contributed by atoms with E-state index >= 15 is 0 Å². The second kappa shape index (κ2) is 23.3. The average molecular weight is 441 g/mol. The molecule has 0 saturated carbocycles. The van der Waals surface area contributed by atoms with Crippen LogP contribution in [0.15, 0.2) is 12.2 Å². The number of nitrogens with one attached hydrogen (secondary N) is 1. The van der Waals surface area contributed by atoms with Crippen molar-refractivity contribution in [3.8, 4) is 0 Å². The summed E-state index contributed by atoms with van der Waals surface area (Å²) in [6.45, 7) is 5.88. The smallest absolute Gasteiger partial charge is 0.323 e. The lowest BCUT2D eigenvalue weighted by Gasteiger charge is -2.14. The Bertz CT molecular complexity index is 439. The van der Waals surface area contributed by atoms with Crippen molar-refractivity contribution in [1.82, 2.24) is 10.2 Å². The van der Waals surface area contributed by atoms with Crippen molar-refractivity contribution in [2.24, 2.45) is 0 Å². The lowest BCUT2D eigenvalue weighted by Crippen LogP contribution is -2.31. The van der Waals surface area contributed by atoms with Gasteiger partial charge in [0.1, 0.15) is 6.54 Å². The van der Waals surface area contributed by atoms with Crippen LogP contribution in [-0.4, -0.2) is 61.8 Å². The third-order valence-corrected chi connectivity index (χ3v) is 5.30. The molecule has 1 saturated heterocycles. The van der Waals surface area contributed by atoms with E-state index in [1.165, 1.54) is 62.7 Å². The number of carboxylic acid groups (broad SMARTS) is 1. The summed E-state index contributed by atoms with van der Waals surface area (Å²) in [5.74, 6) is -1.03. The van der Waals surface area contributed by atoms with Gasteiger partial charge in [0.25, 0.3) is 0 Å². The molecule has 0 aromatic carbocycles. The van der Waals surface area contributed by atoms with Gasteiger partial charge in [-0.25, -0.2) is 0 Å². The fourth-order valence-corrected chi connectivity index (χ4v) is 3.34. The minimum Gasteiger partial charge on any atom is -0.480 e. The normalized spacial score (nSPS) is 13.6. The van der Waals surface area contributed by atoms with Gasteiger partial charge in [-0.15, -0.1) is 0 Å². The summed E-state index contributed by atoms with van der Waals surface area (Å²) in [7, 11) is 1.55. The van der Waals surface area contributed by atoms with Crippen molar-refractivity contribution in [2.75, 3.05) is 39.9 Å². The maximum atomic E-state index is 11.7. The molecule has 0 spiro atoms. The summed E-state index contributed by atoms with van der Waals surface area (Å²) >= 11 is 0. The summed E-state index contributed by atoms with van der Waals surface area (Å²) in [6.07, 6.45) is 21.1. The highest BCUT2D eigenvalue weighted by Gasteiger charge is 2.10. The molecule has 6 nitrogen and oxygen atoms in total. The molecule has 1 aliphatic rings. The van der Waals surface area contributed by atoms with Gasteiger partial charge in [-0.05, 0) is 32.1 Å². The molecule has 1 amide bonds. The Morgan fingerprint density at radius 2 is 1.39 bits per heavy atom. The molecule has 6 heteroatoms. The molecule has 1 fully saturated rings. The van der Waals surface area contributed by atoms with Gasteiger partial charge in [-0.1, -0.05) is 70.4 Å². The van der Waals surface area contributed by atoms with E-state index < -0.39 is 5.97 Å². The Morgan fingerprint density at radius 1 is 0.871 bits per heavy atom. The first-order valence-electron chi connectivity index (χ1n) is 12.5. The largest absolute Gasteiger partial charge is 0.480 e. The standard InChI is InChI=1S/C21H39NO3.C4H9NO/c1-3-4-5-6-7-8-9-10-11-12-13-14-15-16-17-18-20(23)22(2)19-21(24)25;1-3-6-4-2-5-1/h10-11H,3-9,12-19H2,1-2H3,(H,24,25);5H,1-4H2/b11-10-;. The van der Waals surface area contributed by atoms with Gasteiger partial charge in [-0.3, -0.25) is 9.59 Å².